The number of primary amides is 1. The molecule has 3 heterocycles. The maximum absolute atomic E-state index is 12.4. The molecule has 4 N–H and O–H groups in total. The van der Waals surface area contributed by atoms with E-state index in [1.165, 1.54) is 17.1 Å². The monoisotopic (exact) mass is 383 g/mol. The zero-order chi connectivity index (χ0) is 20.5. The van der Waals surface area contributed by atoms with E-state index < -0.39 is 11.8 Å². The molecule has 0 spiro atoms. The van der Waals surface area contributed by atoms with Gasteiger partial charge in [-0.3, -0.25) is 14.3 Å². The number of nitrogens with one attached hydrogen (secondary N) is 2. The van der Waals surface area contributed by atoms with Crippen LogP contribution in [-0.2, 0) is 7.05 Å². The summed E-state index contributed by atoms with van der Waals surface area (Å²) in [5, 5.41) is 9.74. The van der Waals surface area contributed by atoms with Gasteiger partial charge in [-0.1, -0.05) is 0 Å². The van der Waals surface area contributed by atoms with E-state index in [-0.39, 0.29) is 28.5 Å². The van der Waals surface area contributed by atoms with Crippen molar-refractivity contribution in [2.45, 2.75) is 26.3 Å². The molecule has 0 aromatic carbocycles. The van der Waals surface area contributed by atoms with Gasteiger partial charge in [-0.15, -0.1) is 0 Å². The third kappa shape index (κ3) is 4.34. The molecule has 0 bridgehead atoms. The average Bonchev–Trinajstić information content (AvgIpc) is 3.20. The molecule has 0 atom stereocenters. The van der Waals surface area contributed by atoms with Crippen LogP contribution in [0.25, 0.3) is 11.5 Å². The van der Waals surface area contributed by atoms with Crippen molar-refractivity contribution in [3.8, 4) is 11.5 Å². The lowest BCUT2D eigenvalue weighted by molar-refractivity contribution is 0.0995. The SMILES string of the molecule is Cn1cc(NC(=O)c2coc(-c3ccnc(NC(C)(C)C)c3)n2)c(C(N)=O)n1. The minimum atomic E-state index is -0.743. The molecular weight excluding hydrogens is 362 g/mol. The van der Waals surface area contributed by atoms with Crippen LogP contribution >= 0.6 is 0 Å². The molecule has 0 aliphatic carbocycles. The molecular formula is C18H21N7O3. The van der Waals surface area contributed by atoms with Gasteiger partial charge in [0.15, 0.2) is 11.4 Å². The maximum Gasteiger partial charge on any atom is 0.277 e. The van der Waals surface area contributed by atoms with Crippen LogP contribution < -0.4 is 16.4 Å². The van der Waals surface area contributed by atoms with Crippen molar-refractivity contribution < 1.29 is 14.0 Å². The van der Waals surface area contributed by atoms with Crippen molar-refractivity contribution in [1.82, 2.24) is 19.7 Å². The van der Waals surface area contributed by atoms with E-state index in [0.717, 1.165) is 0 Å². The van der Waals surface area contributed by atoms with Crippen LogP contribution in [0.5, 0.6) is 0 Å². The lowest BCUT2D eigenvalue weighted by Gasteiger charge is -2.21. The third-order valence-corrected chi connectivity index (χ3v) is 3.56. The number of amides is 2. The summed E-state index contributed by atoms with van der Waals surface area (Å²) in [5.41, 5.74) is 5.99. The van der Waals surface area contributed by atoms with Crippen LogP contribution in [0.15, 0.2) is 35.2 Å². The number of carbonyl (C=O) groups is 2. The average molecular weight is 383 g/mol. The Balaban J connectivity index is 1.80. The van der Waals surface area contributed by atoms with E-state index in [4.69, 9.17) is 10.2 Å². The quantitative estimate of drug-likeness (QED) is 0.612. The summed E-state index contributed by atoms with van der Waals surface area (Å²) in [7, 11) is 1.61. The van der Waals surface area contributed by atoms with Crippen LogP contribution in [0.4, 0.5) is 11.5 Å². The molecule has 0 radical (unpaired) electrons. The number of pyridine rings is 1. The number of nitrogens with zero attached hydrogens (tertiary/aromatic N) is 4. The molecule has 0 fully saturated rings. The Hall–Kier alpha value is -3.69. The van der Waals surface area contributed by atoms with E-state index in [9.17, 15) is 9.59 Å². The summed E-state index contributed by atoms with van der Waals surface area (Å²) in [6.45, 7) is 6.06. The fourth-order valence-electron chi connectivity index (χ4n) is 2.48. The summed E-state index contributed by atoms with van der Waals surface area (Å²) < 4.78 is 6.82. The van der Waals surface area contributed by atoms with E-state index in [0.29, 0.717) is 11.4 Å². The number of nitrogens with two attached hydrogens (primary N) is 1. The minimum absolute atomic E-state index is 0.0356. The van der Waals surface area contributed by atoms with Crippen LogP contribution in [-0.4, -0.2) is 37.1 Å². The fraction of sp³-hybridized carbons (Fsp3) is 0.278. The van der Waals surface area contributed by atoms with Gasteiger partial charge in [0, 0.05) is 30.5 Å². The molecule has 0 unspecified atom stereocenters. The number of hydrogen-bond donors (Lipinski definition) is 3. The Kier molecular flexibility index (Phi) is 4.87. The van der Waals surface area contributed by atoms with Gasteiger partial charge in [0.2, 0.25) is 5.89 Å². The first-order valence-corrected chi connectivity index (χ1v) is 8.47. The summed E-state index contributed by atoms with van der Waals surface area (Å²) >= 11 is 0. The summed E-state index contributed by atoms with van der Waals surface area (Å²) in [4.78, 5) is 32.4. The molecule has 3 aromatic rings. The standard InChI is InChI=1S/C18H21N7O3/c1-18(2,3)23-13-7-10(5-6-20-13)17-22-12(9-28-17)16(27)21-11-8-25(4)24-14(11)15(19)26/h5-9H,1-4H3,(H2,19,26)(H,20,23)(H,21,27). The number of anilines is 2. The second-order valence-corrected chi connectivity index (χ2v) is 7.23. The molecule has 0 aliphatic heterocycles. The van der Waals surface area contributed by atoms with E-state index in [1.807, 2.05) is 20.8 Å². The van der Waals surface area contributed by atoms with Gasteiger partial charge in [0.05, 0.1) is 5.69 Å². The van der Waals surface area contributed by atoms with Gasteiger partial charge in [0.1, 0.15) is 12.1 Å². The fourth-order valence-corrected chi connectivity index (χ4v) is 2.48. The number of aryl methyl sites for hydroxylation is 1. The molecule has 28 heavy (non-hydrogen) atoms. The first kappa shape index (κ1) is 19.1. The highest BCUT2D eigenvalue weighted by molar-refractivity contribution is 6.07. The van der Waals surface area contributed by atoms with Crippen molar-refractivity contribution in [2.75, 3.05) is 10.6 Å². The molecule has 3 aromatic heterocycles. The Morgan fingerprint density at radius 3 is 2.71 bits per heavy atom. The van der Waals surface area contributed by atoms with Gasteiger partial charge in [-0.25, -0.2) is 9.97 Å². The molecule has 0 saturated heterocycles. The van der Waals surface area contributed by atoms with Crippen LogP contribution in [0, 0.1) is 0 Å². The van der Waals surface area contributed by atoms with Crippen molar-refractivity contribution in [2.24, 2.45) is 12.8 Å². The second kappa shape index (κ2) is 7.14. The zero-order valence-corrected chi connectivity index (χ0v) is 16.0. The molecule has 0 saturated carbocycles. The number of hydrogen-bond acceptors (Lipinski definition) is 7. The molecule has 10 heteroatoms. The lowest BCUT2D eigenvalue weighted by atomic mass is 10.1. The van der Waals surface area contributed by atoms with E-state index >= 15 is 0 Å². The molecule has 146 valence electrons. The van der Waals surface area contributed by atoms with E-state index in [2.05, 4.69) is 25.7 Å². The predicted octanol–water partition coefficient (Wildman–Crippen LogP) is 2.03. The van der Waals surface area contributed by atoms with Gasteiger partial charge >= 0.3 is 0 Å². The zero-order valence-electron chi connectivity index (χ0n) is 16.0. The second-order valence-electron chi connectivity index (χ2n) is 7.23. The topological polar surface area (TPSA) is 141 Å². The molecule has 2 amide bonds. The Bertz CT molecular complexity index is 1030. The van der Waals surface area contributed by atoms with Gasteiger partial charge < -0.3 is 20.8 Å². The van der Waals surface area contributed by atoms with Gasteiger partial charge in [-0.05, 0) is 32.9 Å². The van der Waals surface area contributed by atoms with Crippen LogP contribution in [0.2, 0.25) is 0 Å². The first-order chi connectivity index (χ1) is 13.1. The molecule has 3 rings (SSSR count). The van der Waals surface area contributed by atoms with Crippen molar-refractivity contribution in [1.29, 1.82) is 0 Å². The smallest absolute Gasteiger partial charge is 0.277 e. The Labute approximate surface area is 161 Å². The van der Waals surface area contributed by atoms with Crippen molar-refractivity contribution in [3.05, 3.63) is 42.2 Å². The Morgan fingerprint density at radius 2 is 2.04 bits per heavy atom. The van der Waals surface area contributed by atoms with Crippen LogP contribution in [0.3, 0.4) is 0 Å². The maximum atomic E-state index is 12.4. The highest BCUT2D eigenvalue weighted by Gasteiger charge is 2.19. The van der Waals surface area contributed by atoms with E-state index in [1.54, 1.807) is 25.4 Å². The molecule has 10 nitrogen and oxygen atoms in total. The van der Waals surface area contributed by atoms with Gasteiger partial charge in [0.25, 0.3) is 11.8 Å². The third-order valence-electron chi connectivity index (χ3n) is 3.56. The highest BCUT2D eigenvalue weighted by atomic mass is 16.3. The minimum Gasteiger partial charge on any atom is -0.444 e. The number of oxazole rings is 1. The Morgan fingerprint density at radius 1 is 1.29 bits per heavy atom. The lowest BCUT2D eigenvalue weighted by Crippen LogP contribution is -2.26. The summed E-state index contributed by atoms with van der Waals surface area (Å²) in [6, 6.07) is 3.51. The van der Waals surface area contributed by atoms with Crippen molar-refractivity contribution >= 4 is 23.3 Å². The summed E-state index contributed by atoms with van der Waals surface area (Å²) in [5.74, 6) is -0.360. The number of aromatic nitrogens is 4. The largest absolute Gasteiger partial charge is 0.444 e. The molecule has 0 aliphatic rings. The normalized spacial score (nSPS) is 11.3. The first-order valence-electron chi connectivity index (χ1n) is 8.47. The summed E-state index contributed by atoms with van der Waals surface area (Å²) in [6.07, 6.45) is 4.34. The highest BCUT2D eigenvalue weighted by Crippen LogP contribution is 2.23. The van der Waals surface area contributed by atoms with Crippen molar-refractivity contribution in [3.63, 3.8) is 0 Å². The number of carbonyl (C=O) groups excluding carboxylic acids is 2. The predicted molar refractivity (Wildman–Crippen MR) is 103 cm³/mol. The van der Waals surface area contributed by atoms with Crippen LogP contribution in [0.1, 0.15) is 41.7 Å². The van der Waals surface area contributed by atoms with Gasteiger partial charge in [-0.2, -0.15) is 5.10 Å². The number of rotatable bonds is 5.